The maximum absolute atomic E-state index is 11.7. The molecule has 0 spiro atoms. The van der Waals surface area contributed by atoms with Crippen LogP contribution in [0.5, 0.6) is 0 Å². The fraction of sp³-hybridized carbons (Fsp3) is 0.556. The number of rotatable bonds is 6. The van der Waals surface area contributed by atoms with Crippen LogP contribution in [-0.2, 0) is 19.1 Å². The summed E-state index contributed by atoms with van der Waals surface area (Å²) in [5, 5.41) is 12.1. The molecule has 0 radical (unpaired) electrons. The summed E-state index contributed by atoms with van der Waals surface area (Å²) in [4.78, 5) is 23.5. The van der Waals surface area contributed by atoms with Crippen LogP contribution < -0.4 is 0 Å². The van der Waals surface area contributed by atoms with E-state index in [0.717, 1.165) is 25.7 Å². The summed E-state index contributed by atoms with van der Waals surface area (Å²) in [7, 11) is 2.76. The van der Waals surface area contributed by atoms with Gasteiger partial charge in [0.15, 0.2) is 0 Å². The molecule has 2 fully saturated rings. The Labute approximate surface area is 157 Å². The largest absolute Gasteiger partial charge is 0.467 e. The normalized spacial score (nSPS) is 22.9. The number of carbonyl (C=O) groups is 2. The number of nitrogens with zero attached hydrogens (tertiary/aromatic N) is 4. The minimum atomic E-state index is -0.340. The Balaban J connectivity index is 1.60. The Morgan fingerprint density at radius 3 is 1.81 bits per heavy atom. The van der Waals surface area contributed by atoms with Crippen molar-refractivity contribution >= 4 is 24.4 Å². The van der Waals surface area contributed by atoms with E-state index in [2.05, 4.69) is 10.2 Å². The first-order valence-electron chi connectivity index (χ1n) is 8.99. The summed E-state index contributed by atoms with van der Waals surface area (Å²) in [6.45, 7) is 1.41. The molecule has 0 N–H and O–H groups in total. The second-order valence-electron chi connectivity index (χ2n) is 6.42. The molecule has 2 aliphatic heterocycles. The van der Waals surface area contributed by atoms with Gasteiger partial charge in [-0.25, -0.2) is 9.59 Å². The zero-order chi connectivity index (χ0) is 19.2. The fourth-order valence-corrected chi connectivity index (χ4v) is 3.30. The molecule has 3 heterocycles. The lowest BCUT2D eigenvalue weighted by Crippen LogP contribution is -2.33. The van der Waals surface area contributed by atoms with Crippen LogP contribution in [0.2, 0.25) is 0 Å². The van der Waals surface area contributed by atoms with Crippen molar-refractivity contribution in [2.75, 3.05) is 27.3 Å². The van der Waals surface area contributed by atoms with E-state index in [1.165, 1.54) is 14.2 Å². The van der Waals surface area contributed by atoms with Crippen LogP contribution in [0, 0.1) is 0 Å². The highest BCUT2D eigenvalue weighted by Gasteiger charge is 2.31. The van der Waals surface area contributed by atoms with Crippen LogP contribution in [0.15, 0.2) is 26.8 Å². The third-order valence-electron chi connectivity index (χ3n) is 4.71. The molecule has 0 aliphatic carbocycles. The van der Waals surface area contributed by atoms with E-state index >= 15 is 0 Å². The molecule has 3 rings (SSSR count). The van der Waals surface area contributed by atoms with Crippen molar-refractivity contribution in [3.05, 3.63) is 23.7 Å². The molecule has 2 aliphatic rings. The van der Waals surface area contributed by atoms with Gasteiger partial charge in [-0.2, -0.15) is 10.2 Å². The van der Waals surface area contributed by atoms with Crippen LogP contribution in [0.25, 0.3) is 0 Å². The van der Waals surface area contributed by atoms with Gasteiger partial charge in [0.1, 0.15) is 23.6 Å². The average molecular weight is 376 g/mol. The molecular weight excluding hydrogens is 352 g/mol. The number of hydrazone groups is 2. The molecule has 1 aromatic rings. The number of hydrogen-bond acceptors (Lipinski definition) is 9. The van der Waals surface area contributed by atoms with Crippen molar-refractivity contribution < 1.29 is 23.5 Å². The monoisotopic (exact) mass is 376 g/mol. The minimum absolute atomic E-state index is 0.275. The van der Waals surface area contributed by atoms with E-state index in [1.807, 2.05) is 0 Å². The highest BCUT2D eigenvalue weighted by Crippen LogP contribution is 2.20. The van der Waals surface area contributed by atoms with E-state index in [0.29, 0.717) is 24.6 Å². The standard InChI is InChI=1S/C18H24N4O5/c1-25-17(23)15-5-3-9-21(15)19-11-13-7-8-14(27-13)12-20-22-10-4-6-16(22)18(24)26-2/h7-8,11-12,15-16H,3-6,9-10H2,1-2H3/b19-11+,20-12+/t15-,16-/m0/s1. The Hall–Kier alpha value is -2.84. The maximum atomic E-state index is 11.7. The number of carbonyl (C=O) groups excluding carboxylic acids is 2. The molecule has 146 valence electrons. The second kappa shape index (κ2) is 8.70. The van der Waals surface area contributed by atoms with Gasteiger partial charge in [-0.15, -0.1) is 0 Å². The van der Waals surface area contributed by atoms with Gasteiger partial charge in [-0.3, -0.25) is 10.0 Å². The number of furan rings is 1. The summed E-state index contributed by atoms with van der Waals surface area (Å²) in [5.41, 5.74) is 0. The fourth-order valence-electron chi connectivity index (χ4n) is 3.30. The first-order valence-corrected chi connectivity index (χ1v) is 8.99. The van der Waals surface area contributed by atoms with E-state index in [4.69, 9.17) is 13.9 Å². The maximum Gasteiger partial charge on any atom is 0.330 e. The Kier molecular flexibility index (Phi) is 6.10. The smallest absolute Gasteiger partial charge is 0.330 e. The highest BCUT2D eigenvalue weighted by molar-refractivity contribution is 5.81. The van der Waals surface area contributed by atoms with Crippen molar-refractivity contribution in [2.24, 2.45) is 10.2 Å². The van der Waals surface area contributed by atoms with Crippen molar-refractivity contribution in [3.63, 3.8) is 0 Å². The van der Waals surface area contributed by atoms with Gasteiger partial charge in [-0.1, -0.05) is 0 Å². The van der Waals surface area contributed by atoms with Gasteiger partial charge < -0.3 is 13.9 Å². The molecular formula is C18H24N4O5. The quantitative estimate of drug-likeness (QED) is 0.544. The molecule has 27 heavy (non-hydrogen) atoms. The Bertz CT molecular complexity index is 671. The number of esters is 2. The SMILES string of the molecule is COC(=O)[C@@H]1CCCN1/N=C/c1ccc(/C=N/N2CCC[C@H]2C(=O)OC)o1. The highest BCUT2D eigenvalue weighted by atomic mass is 16.5. The molecule has 0 saturated carbocycles. The molecule has 9 nitrogen and oxygen atoms in total. The lowest BCUT2D eigenvalue weighted by molar-refractivity contribution is -0.146. The predicted octanol–water partition coefficient (Wildman–Crippen LogP) is 1.22. The Morgan fingerprint density at radius 2 is 1.41 bits per heavy atom. The van der Waals surface area contributed by atoms with Crippen molar-refractivity contribution in [3.8, 4) is 0 Å². The van der Waals surface area contributed by atoms with Gasteiger partial charge in [0.2, 0.25) is 0 Å². The molecule has 0 amide bonds. The van der Waals surface area contributed by atoms with Crippen LogP contribution in [0.3, 0.4) is 0 Å². The van der Waals surface area contributed by atoms with Crippen LogP contribution in [0.4, 0.5) is 0 Å². The number of methoxy groups -OCH3 is 2. The van der Waals surface area contributed by atoms with Gasteiger partial charge in [-0.05, 0) is 37.8 Å². The Morgan fingerprint density at radius 1 is 0.963 bits per heavy atom. The molecule has 0 bridgehead atoms. The number of hydrogen-bond donors (Lipinski definition) is 0. The average Bonchev–Trinajstić information content (AvgIpc) is 3.43. The third kappa shape index (κ3) is 4.47. The first-order chi connectivity index (χ1) is 13.1. The third-order valence-corrected chi connectivity index (χ3v) is 4.71. The summed E-state index contributed by atoms with van der Waals surface area (Å²) >= 11 is 0. The van der Waals surface area contributed by atoms with Crippen molar-refractivity contribution in [1.82, 2.24) is 10.0 Å². The van der Waals surface area contributed by atoms with Crippen LogP contribution >= 0.6 is 0 Å². The van der Waals surface area contributed by atoms with Crippen molar-refractivity contribution in [2.45, 2.75) is 37.8 Å². The summed E-state index contributed by atoms with van der Waals surface area (Å²) in [6.07, 6.45) is 6.40. The van der Waals surface area contributed by atoms with E-state index in [9.17, 15) is 9.59 Å². The van der Waals surface area contributed by atoms with Gasteiger partial charge in [0.25, 0.3) is 0 Å². The molecule has 1 aromatic heterocycles. The van der Waals surface area contributed by atoms with Gasteiger partial charge in [0.05, 0.1) is 26.6 Å². The molecule has 2 saturated heterocycles. The topological polar surface area (TPSA) is 96.9 Å². The van der Waals surface area contributed by atoms with Crippen LogP contribution in [0.1, 0.15) is 37.2 Å². The summed E-state index contributed by atoms with van der Waals surface area (Å²) < 4.78 is 15.3. The summed E-state index contributed by atoms with van der Waals surface area (Å²) in [5.74, 6) is 0.557. The second-order valence-corrected chi connectivity index (χ2v) is 6.42. The molecule has 0 unspecified atom stereocenters. The lowest BCUT2D eigenvalue weighted by atomic mass is 10.2. The van der Waals surface area contributed by atoms with Gasteiger partial charge >= 0.3 is 11.9 Å². The van der Waals surface area contributed by atoms with E-state index < -0.39 is 0 Å². The van der Waals surface area contributed by atoms with Gasteiger partial charge in [0, 0.05) is 13.1 Å². The zero-order valence-electron chi connectivity index (χ0n) is 15.5. The van der Waals surface area contributed by atoms with Crippen LogP contribution in [-0.4, -0.2) is 73.8 Å². The number of ether oxygens (including phenoxy) is 2. The summed E-state index contributed by atoms with van der Waals surface area (Å²) in [6, 6.07) is 2.87. The lowest BCUT2D eigenvalue weighted by Gasteiger charge is -2.18. The zero-order valence-corrected chi connectivity index (χ0v) is 15.5. The molecule has 0 aromatic carbocycles. The molecule has 2 atom stereocenters. The molecule has 9 heteroatoms. The first kappa shape index (κ1) is 18.9. The minimum Gasteiger partial charge on any atom is -0.467 e. The predicted molar refractivity (Wildman–Crippen MR) is 97.4 cm³/mol. The van der Waals surface area contributed by atoms with E-state index in [-0.39, 0.29) is 24.0 Å². The van der Waals surface area contributed by atoms with E-state index in [1.54, 1.807) is 34.6 Å². The van der Waals surface area contributed by atoms with Crippen molar-refractivity contribution in [1.29, 1.82) is 0 Å².